The van der Waals surface area contributed by atoms with E-state index in [9.17, 15) is 5.11 Å². The first-order valence-electron chi connectivity index (χ1n) is 8.65. The number of anilines is 1. The van der Waals surface area contributed by atoms with Crippen molar-refractivity contribution in [3.63, 3.8) is 0 Å². The Morgan fingerprint density at radius 2 is 1.91 bits per heavy atom. The fourth-order valence-electron chi connectivity index (χ4n) is 3.26. The van der Waals surface area contributed by atoms with Gasteiger partial charge in [0.05, 0.1) is 12.2 Å². The monoisotopic (exact) mass is 313 g/mol. The maximum atomic E-state index is 9.61. The minimum atomic E-state index is -0.145. The van der Waals surface area contributed by atoms with Gasteiger partial charge in [-0.25, -0.2) is 9.97 Å². The Labute approximate surface area is 136 Å². The third kappa shape index (κ3) is 3.24. The van der Waals surface area contributed by atoms with Crippen molar-refractivity contribution < 1.29 is 9.84 Å². The highest BCUT2D eigenvalue weighted by molar-refractivity contribution is 5.84. The number of benzene rings is 1. The lowest BCUT2D eigenvalue weighted by atomic mass is 9.93. The molecule has 0 amide bonds. The zero-order valence-corrected chi connectivity index (χ0v) is 13.2. The molecule has 4 rings (SSSR count). The number of para-hydroxylation sites is 1. The van der Waals surface area contributed by atoms with Crippen LogP contribution in [0, 0.1) is 0 Å². The zero-order chi connectivity index (χ0) is 15.6. The van der Waals surface area contributed by atoms with Crippen molar-refractivity contribution in [2.45, 2.75) is 63.2 Å². The van der Waals surface area contributed by atoms with Gasteiger partial charge in [-0.05, 0) is 51.0 Å². The van der Waals surface area contributed by atoms with Gasteiger partial charge in [-0.3, -0.25) is 0 Å². The van der Waals surface area contributed by atoms with Gasteiger partial charge in [0.25, 0.3) is 0 Å². The van der Waals surface area contributed by atoms with E-state index in [1.165, 1.54) is 6.42 Å². The number of nitrogens with zero attached hydrogens (tertiary/aromatic N) is 2. The molecule has 2 aromatic rings. The standard InChI is InChI=1S/C18H23N3O2/c22-14-9-7-13(8-10-14)20-18-19-11-12-3-1-6-16(17(12)21-18)23-15-4-2-5-15/h1,3,6,11,13-15,22H,2,4-5,7-10H2,(H,19,20,21)/t13-,14-. The number of aromatic nitrogens is 2. The molecule has 1 aromatic heterocycles. The highest BCUT2D eigenvalue weighted by Gasteiger charge is 2.22. The number of rotatable bonds is 4. The molecule has 2 saturated carbocycles. The number of fused-ring (bicyclic) bond motifs is 1. The normalized spacial score (nSPS) is 25.1. The van der Waals surface area contributed by atoms with Crippen LogP contribution in [-0.2, 0) is 0 Å². The van der Waals surface area contributed by atoms with Gasteiger partial charge < -0.3 is 15.2 Å². The quantitative estimate of drug-likeness (QED) is 0.906. The molecule has 0 atom stereocenters. The van der Waals surface area contributed by atoms with Crippen LogP contribution >= 0.6 is 0 Å². The highest BCUT2D eigenvalue weighted by atomic mass is 16.5. The van der Waals surface area contributed by atoms with E-state index >= 15 is 0 Å². The van der Waals surface area contributed by atoms with E-state index in [-0.39, 0.29) is 6.10 Å². The molecule has 0 radical (unpaired) electrons. The fraction of sp³-hybridized carbons (Fsp3) is 0.556. The summed E-state index contributed by atoms with van der Waals surface area (Å²) in [6.07, 6.45) is 9.20. The van der Waals surface area contributed by atoms with Crippen molar-refractivity contribution >= 4 is 16.9 Å². The molecule has 0 saturated heterocycles. The third-order valence-corrected chi connectivity index (χ3v) is 4.95. The first kappa shape index (κ1) is 14.7. The van der Waals surface area contributed by atoms with E-state index in [4.69, 9.17) is 9.72 Å². The van der Waals surface area contributed by atoms with E-state index in [0.717, 1.165) is 55.2 Å². The predicted molar refractivity (Wildman–Crippen MR) is 89.7 cm³/mol. The summed E-state index contributed by atoms with van der Waals surface area (Å²) in [5.41, 5.74) is 0.882. The summed E-state index contributed by atoms with van der Waals surface area (Å²) in [5.74, 6) is 1.51. The van der Waals surface area contributed by atoms with Crippen molar-refractivity contribution in [1.82, 2.24) is 9.97 Å². The van der Waals surface area contributed by atoms with Gasteiger partial charge in [-0.1, -0.05) is 12.1 Å². The van der Waals surface area contributed by atoms with Gasteiger partial charge in [-0.15, -0.1) is 0 Å². The summed E-state index contributed by atoms with van der Waals surface area (Å²) in [5, 5.41) is 14.0. The lowest BCUT2D eigenvalue weighted by Crippen LogP contribution is -2.29. The SMILES string of the molecule is O[C@H]1CC[C@H](Nc2ncc3cccc(OC4CCC4)c3n2)CC1. The summed E-state index contributed by atoms with van der Waals surface area (Å²) in [4.78, 5) is 9.12. The second kappa shape index (κ2) is 6.32. The number of aliphatic hydroxyl groups is 1. The van der Waals surface area contributed by atoms with Crippen LogP contribution < -0.4 is 10.1 Å². The Balaban J connectivity index is 1.54. The van der Waals surface area contributed by atoms with Crippen LogP contribution in [0.2, 0.25) is 0 Å². The summed E-state index contributed by atoms with van der Waals surface area (Å²) in [6.45, 7) is 0. The lowest BCUT2D eigenvalue weighted by molar-refractivity contribution is 0.122. The molecule has 1 aromatic carbocycles. The molecule has 2 N–H and O–H groups in total. The Hall–Kier alpha value is -1.88. The number of ether oxygens (including phenoxy) is 1. The molecule has 2 aliphatic carbocycles. The van der Waals surface area contributed by atoms with E-state index in [1.54, 1.807) is 0 Å². The Morgan fingerprint density at radius 1 is 1.09 bits per heavy atom. The number of aliphatic hydroxyl groups excluding tert-OH is 1. The van der Waals surface area contributed by atoms with Crippen LogP contribution in [0.3, 0.4) is 0 Å². The van der Waals surface area contributed by atoms with Gasteiger partial charge in [0.1, 0.15) is 11.3 Å². The van der Waals surface area contributed by atoms with Crippen LogP contribution in [0.25, 0.3) is 10.9 Å². The Morgan fingerprint density at radius 3 is 2.65 bits per heavy atom. The summed E-state index contributed by atoms with van der Waals surface area (Å²) in [7, 11) is 0. The van der Waals surface area contributed by atoms with Crippen molar-refractivity contribution in [3.8, 4) is 5.75 Å². The molecule has 0 aliphatic heterocycles. The van der Waals surface area contributed by atoms with Gasteiger partial charge in [0, 0.05) is 17.6 Å². The van der Waals surface area contributed by atoms with Crippen LogP contribution in [0.4, 0.5) is 5.95 Å². The fourth-order valence-corrected chi connectivity index (χ4v) is 3.26. The molecule has 0 spiro atoms. The largest absolute Gasteiger partial charge is 0.488 e. The number of nitrogens with one attached hydrogen (secondary N) is 1. The average molecular weight is 313 g/mol. The molecule has 122 valence electrons. The van der Waals surface area contributed by atoms with Crippen molar-refractivity contribution in [1.29, 1.82) is 0 Å². The molecule has 2 aliphatic rings. The third-order valence-electron chi connectivity index (χ3n) is 4.95. The van der Waals surface area contributed by atoms with Crippen LogP contribution in [0.1, 0.15) is 44.9 Å². The second-order valence-electron chi connectivity index (χ2n) is 6.71. The second-order valence-corrected chi connectivity index (χ2v) is 6.71. The average Bonchev–Trinajstić information content (AvgIpc) is 2.53. The lowest BCUT2D eigenvalue weighted by Gasteiger charge is -2.27. The minimum absolute atomic E-state index is 0.145. The predicted octanol–water partition coefficient (Wildman–Crippen LogP) is 3.28. The molecule has 5 nitrogen and oxygen atoms in total. The molecule has 0 unspecified atom stereocenters. The molecule has 0 bridgehead atoms. The summed E-state index contributed by atoms with van der Waals surface area (Å²) in [6, 6.07) is 6.35. The van der Waals surface area contributed by atoms with Gasteiger partial charge in [0.15, 0.2) is 0 Å². The molecular weight excluding hydrogens is 290 g/mol. The first-order valence-corrected chi connectivity index (χ1v) is 8.65. The van der Waals surface area contributed by atoms with Crippen LogP contribution in [0.5, 0.6) is 5.75 Å². The van der Waals surface area contributed by atoms with Gasteiger partial charge in [0.2, 0.25) is 5.95 Å². The highest BCUT2D eigenvalue weighted by Crippen LogP contribution is 2.30. The number of hydrogen-bond donors (Lipinski definition) is 2. The van der Waals surface area contributed by atoms with E-state index < -0.39 is 0 Å². The van der Waals surface area contributed by atoms with Crippen LogP contribution in [-0.4, -0.2) is 33.3 Å². The van der Waals surface area contributed by atoms with Gasteiger partial charge >= 0.3 is 0 Å². The molecule has 5 heteroatoms. The van der Waals surface area contributed by atoms with Gasteiger partial charge in [-0.2, -0.15) is 0 Å². The summed E-state index contributed by atoms with van der Waals surface area (Å²) < 4.78 is 6.07. The Bertz CT molecular complexity index is 679. The minimum Gasteiger partial charge on any atom is -0.488 e. The molecule has 1 heterocycles. The van der Waals surface area contributed by atoms with Crippen molar-refractivity contribution in [2.24, 2.45) is 0 Å². The van der Waals surface area contributed by atoms with E-state index in [2.05, 4.69) is 10.3 Å². The van der Waals surface area contributed by atoms with Crippen LogP contribution in [0.15, 0.2) is 24.4 Å². The number of hydrogen-bond acceptors (Lipinski definition) is 5. The smallest absolute Gasteiger partial charge is 0.223 e. The molecule has 23 heavy (non-hydrogen) atoms. The zero-order valence-electron chi connectivity index (χ0n) is 13.2. The van der Waals surface area contributed by atoms with Crippen molar-refractivity contribution in [2.75, 3.05) is 5.32 Å². The Kier molecular flexibility index (Phi) is 4.04. The molecule has 2 fully saturated rings. The molecular formula is C18H23N3O2. The maximum absolute atomic E-state index is 9.61. The van der Waals surface area contributed by atoms with Crippen molar-refractivity contribution in [3.05, 3.63) is 24.4 Å². The first-order chi connectivity index (χ1) is 11.3. The maximum Gasteiger partial charge on any atom is 0.223 e. The topological polar surface area (TPSA) is 67.3 Å². The van der Waals surface area contributed by atoms with E-state index in [0.29, 0.717) is 18.1 Å². The summed E-state index contributed by atoms with van der Waals surface area (Å²) >= 11 is 0. The van der Waals surface area contributed by atoms with E-state index in [1.807, 2.05) is 24.4 Å².